The van der Waals surface area contributed by atoms with E-state index >= 15 is 0 Å². The summed E-state index contributed by atoms with van der Waals surface area (Å²) < 4.78 is 14.0. The molecular weight excluding hydrogens is 502 g/mol. The van der Waals surface area contributed by atoms with Gasteiger partial charge in [0, 0.05) is 10.6 Å². The molecule has 2 unspecified atom stereocenters. The van der Waals surface area contributed by atoms with Crippen molar-refractivity contribution in [2.24, 2.45) is 0 Å². The van der Waals surface area contributed by atoms with Crippen LogP contribution in [0.5, 0.6) is 11.5 Å². The number of fused-ring (bicyclic) bond motifs is 2. The zero-order chi connectivity index (χ0) is 26.7. The molecule has 0 radical (unpaired) electrons. The zero-order valence-corrected chi connectivity index (χ0v) is 24.9. The lowest BCUT2D eigenvalue weighted by atomic mass is 10.1. The summed E-state index contributed by atoms with van der Waals surface area (Å²) >= 11 is 0. The summed E-state index contributed by atoms with van der Waals surface area (Å²) in [6, 6.07) is 34.7. The van der Waals surface area contributed by atoms with Gasteiger partial charge in [-0.1, -0.05) is 126 Å². The first-order valence-electron chi connectivity index (χ1n) is 13.4. The van der Waals surface area contributed by atoms with Gasteiger partial charge < -0.3 is 9.47 Å². The van der Waals surface area contributed by atoms with Crippen LogP contribution in [0.15, 0.2) is 97.1 Å². The van der Waals surface area contributed by atoms with Gasteiger partial charge in [-0.25, -0.2) is 0 Å². The molecule has 0 N–H and O–H groups in total. The lowest BCUT2D eigenvalue weighted by Gasteiger charge is -2.40. The van der Waals surface area contributed by atoms with E-state index in [0.29, 0.717) is 0 Å². The summed E-state index contributed by atoms with van der Waals surface area (Å²) in [4.78, 5) is 0. The van der Waals surface area contributed by atoms with Crippen molar-refractivity contribution in [3.8, 4) is 33.8 Å². The summed E-state index contributed by atoms with van der Waals surface area (Å²) in [5.41, 5.74) is 5.11. The minimum absolute atomic E-state index is 0.00813. The van der Waals surface area contributed by atoms with Gasteiger partial charge in [0.1, 0.15) is 11.5 Å². The molecule has 38 heavy (non-hydrogen) atoms. The topological polar surface area (TPSA) is 18.5 Å². The Balaban J connectivity index is 1.50. The molecule has 0 aromatic heterocycles. The van der Waals surface area contributed by atoms with Gasteiger partial charge in [0.25, 0.3) is 0 Å². The fourth-order valence-electron chi connectivity index (χ4n) is 5.86. The van der Waals surface area contributed by atoms with E-state index in [9.17, 15) is 0 Å². The van der Waals surface area contributed by atoms with Crippen molar-refractivity contribution in [2.45, 2.75) is 63.5 Å². The van der Waals surface area contributed by atoms with Crippen LogP contribution in [0.3, 0.4) is 0 Å². The third-order valence-corrected chi connectivity index (χ3v) is 14.1. The molecule has 0 aliphatic carbocycles. The number of benzene rings is 4. The Kier molecular flexibility index (Phi) is 6.41. The number of hydrogen-bond acceptors (Lipinski definition) is 2. The molecule has 0 bridgehead atoms. The first-order valence-corrected chi connectivity index (χ1v) is 16.3. The van der Waals surface area contributed by atoms with Crippen LogP contribution in [-0.4, -0.2) is 22.0 Å². The zero-order valence-electron chi connectivity index (χ0n) is 23.1. The Hall–Kier alpha value is -2.66. The van der Waals surface area contributed by atoms with Crippen LogP contribution in [0.25, 0.3) is 22.3 Å². The van der Waals surface area contributed by atoms with Gasteiger partial charge >= 0.3 is 0 Å². The fraction of sp³-hybridized carbons (Fsp3) is 0.294. The number of rotatable bonds is 3. The lowest BCUT2D eigenvalue weighted by molar-refractivity contribution is 0.171. The van der Waals surface area contributed by atoms with Gasteiger partial charge in [0.2, 0.25) is 0 Å². The van der Waals surface area contributed by atoms with Gasteiger partial charge in [-0.2, -0.15) is 0 Å². The average Bonchev–Trinajstić information content (AvgIpc) is 3.48. The van der Waals surface area contributed by atoms with Crippen molar-refractivity contribution in [2.75, 3.05) is 0 Å². The average molecular weight is 539 g/mol. The number of hydrogen-bond donors (Lipinski definition) is 0. The third-order valence-electron chi connectivity index (χ3n) is 7.34. The summed E-state index contributed by atoms with van der Waals surface area (Å²) in [6.07, 6.45) is 0. The van der Waals surface area contributed by atoms with Gasteiger partial charge in [0.15, 0.2) is 11.7 Å². The molecule has 0 saturated carbocycles. The van der Waals surface area contributed by atoms with Gasteiger partial charge in [-0.3, -0.25) is 0 Å². The predicted molar refractivity (Wildman–Crippen MR) is 165 cm³/mol. The second kappa shape index (κ2) is 9.51. The molecule has 4 heteroatoms. The van der Waals surface area contributed by atoms with E-state index in [0.717, 1.165) is 11.5 Å². The molecule has 4 aromatic carbocycles. The minimum atomic E-state index is -0.692. The Bertz CT molecular complexity index is 1340. The molecule has 0 saturated heterocycles. The Labute approximate surface area is 229 Å². The van der Waals surface area contributed by atoms with Crippen LogP contribution >= 0.6 is 15.8 Å². The van der Waals surface area contributed by atoms with E-state index in [2.05, 4.69) is 139 Å². The Morgan fingerprint density at radius 1 is 0.474 bits per heavy atom. The van der Waals surface area contributed by atoms with Crippen LogP contribution in [0.4, 0.5) is 0 Å². The fourth-order valence-corrected chi connectivity index (χ4v) is 12.8. The van der Waals surface area contributed by atoms with Crippen molar-refractivity contribution in [1.29, 1.82) is 0 Å². The van der Waals surface area contributed by atoms with Crippen molar-refractivity contribution >= 4 is 26.5 Å². The molecule has 4 aromatic rings. The quantitative estimate of drug-likeness (QED) is 0.242. The third kappa shape index (κ3) is 4.37. The molecular formula is C34H36O2P2. The van der Waals surface area contributed by atoms with Crippen LogP contribution in [0, 0.1) is 0 Å². The first-order chi connectivity index (χ1) is 18.1. The Morgan fingerprint density at radius 2 is 0.842 bits per heavy atom. The summed E-state index contributed by atoms with van der Waals surface area (Å²) in [5, 5.41) is 2.88. The van der Waals surface area contributed by atoms with Gasteiger partial charge in [-0.15, -0.1) is 0 Å². The monoisotopic (exact) mass is 538 g/mol. The van der Waals surface area contributed by atoms with E-state index in [1.54, 1.807) is 0 Å². The summed E-state index contributed by atoms with van der Waals surface area (Å²) in [6.45, 7) is 14.3. The second-order valence-corrected chi connectivity index (χ2v) is 18.2. The van der Waals surface area contributed by atoms with Crippen LogP contribution in [0.2, 0.25) is 0 Å². The van der Waals surface area contributed by atoms with E-state index in [4.69, 9.17) is 9.47 Å². The van der Waals surface area contributed by atoms with Crippen molar-refractivity contribution in [3.05, 3.63) is 97.1 Å². The molecule has 0 spiro atoms. The maximum atomic E-state index is 7.01. The Morgan fingerprint density at radius 3 is 1.18 bits per heavy atom. The van der Waals surface area contributed by atoms with E-state index < -0.39 is 15.8 Å². The predicted octanol–water partition coefficient (Wildman–Crippen LogP) is 8.97. The highest BCUT2D eigenvalue weighted by molar-refractivity contribution is 7.72. The maximum absolute atomic E-state index is 7.01. The molecule has 2 aliphatic rings. The normalized spacial score (nSPS) is 22.4. The highest BCUT2D eigenvalue weighted by atomic mass is 31.1. The summed E-state index contributed by atoms with van der Waals surface area (Å²) in [5.74, 6) is 2.05. The maximum Gasteiger partial charge on any atom is 0.162 e. The molecule has 6 rings (SSSR count). The molecule has 194 valence electrons. The summed E-state index contributed by atoms with van der Waals surface area (Å²) in [7, 11) is -1.38. The number of ether oxygens (including phenoxy) is 2. The van der Waals surface area contributed by atoms with Gasteiger partial charge in [0.05, 0.1) is 0 Å². The standard InChI is InChI=1S/C34H36O2P2/c1-33(2,3)37-29-25(23-15-9-7-10-16-23)19-13-21-27(29)35-31(37)32-36-28-22-14-20-26(24-17-11-8-12-18-24)30(28)38(32)34(4,5)6/h7-22,31-32H,1-6H3/t31?,32?,37-,38-/m0/s1. The highest BCUT2D eigenvalue weighted by Crippen LogP contribution is 2.69. The van der Waals surface area contributed by atoms with E-state index in [1.807, 2.05) is 0 Å². The van der Waals surface area contributed by atoms with Crippen molar-refractivity contribution in [3.63, 3.8) is 0 Å². The molecule has 0 fully saturated rings. The largest absolute Gasteiger partial charge is 0.481 e. The molecule has 4 atom stereocenters. The molecule has 2 aliphatic heterocycles. The van der Waals surface area contributed by atoms with Crippen LogP contribution in [0.1, 0.15) is 41.5 Å². The second-order valence-electron chi connectivity index (χ2n) is 12.1. The van der Waals surface area contributed by atoms with E-state index in [1.165, 1.54) is 32.9 Å². The van der Waals surface area contributed by atoms with Gasteiger partial charge in [-0.05, 0) is 60.5 Å². The SMILES string of the molecule is CC(C)(C)[P@@]1c2c(cccc2-c2ccccc2)OC1C1Oc2cccc(-c3ccccc3)c2[P@]1C(C)(C)C. The smallest absolute Gasteiger partial charge is 0.162 e. The van der Waals surface area contributed by atoms with Crippen LogP contribution < -0.4 is 20.1 Å². The minimum Gasteiger partial charge on any atom is -0.481 e. The lowest BCUT2D eigenvalue weighted by Crippen LogP contribution is -2.38. The van der Waals surface area contributed by atoms with Crippen molar-refractivity contribution < 1.29 is 9.47 Å². The first kappa shape index (κ1) is 25.6. The molecule has 0 amide bonds. The van der Waals surface area contributed by atoms with Crippen LogP contribution in [-0.2, 0) is 0 Å². The highest BCUT2D eigenvalue weighted by Gasteiger charge is 2.55. The van der Waals surface area contributed by atoms with Crippen molar-refractivity contribution in [1.82, 2.24) is 0 Å². The molecule has 2 nitrogen and oxygen atoms in total. The molecule has 2 heterocycles. The van der Waals surface area contributed by atoms with E-state index in [-0.39, 0.29) is 22.0 Å².